The number of alkyl halides is 3. The van der Waals surface area contributed by atoms with Crippen LogP contribution < -0.4 is 10.1 Å². The number of halogens is 4. The molecule has 2 aromatic carbocycles. The first-order valence-corrected chi connectivity index (χ1v) is 8.41. The van der Waals surface area contributed by atoms with Crippen molar-refractivity contribution in [2.24, 2.45) is 5.92 Å². The number of benzene rings is 2. The number of hydrogen-bond acceptors (Lipinski definition) is 2. The molecule has 0 radical (unpaired) electrons. The predicted octanol–water partition coefficient (Wildman–Crippen LogP) is 5.86. The van der Waals surface area contributed by atoms with Crippen molar-refractivity contribution in [3.05, 3.63) is 71.1 Å². The second-order valence-electron chi connectivity index (χ2n) is 6.73. The SMILES string of the molecule is Cc1c(F)cccc1C1Nc2ccc(OC(F)(F)F)cc2C2C=CCC21. The molecule has 2 nitrogen and oxygen atoms in total. The van der Waals surface area contributed by atoms with Crippen molar-refractivity contribution >= 4 is 5.69 Å². The van der Waals surface area contributed by atoms with Gasteiger partial charge in [-0.2, -0.15) is 0 Å². The summed E-state index contributed by atoms with van der Waals surface area (Å²) in [4.78, 5) is 0. The quantitative estimate of drug-likeness (QED) is 0.533. The van der Waals surface area contributed by atoms with E-state index in [1.165, 1.54) is 18.2 Å². The zero-order chi connectivity index (χ0) is 18.5. The molecule has 0 spiro atoms. The third kappa shape index (κ3) is 2.93. The molecule has 6 heteroatoms. The first-order valence-electron chi connectivity index (χ1n) is 8.41. The Morgan fingerprint density at radius 1 is 1.12 bits per heavy atom. The number of hydrogen-bond donors (Lipinski definition) is 1. The number of anilines is 1. The molecular weight excluding hydrogens is 346 g/mol. The van der Waals surface area contributed by atoms with E-state index in [2.05, 4.69) is 10.1 Å². The Bertz CT molecular complexity index is 875. The largest absolute Gasteiger partial charge is 0.573 e. The maximum atomic E-state index is 14.0. The number of nitrogens with one attached hydrogen (secondary N) is 1. The highest BCUT2D eigenvalue weighted by molar-refractivity contribution is 5.62. The van der Waals surface area contributed by atoms with Gasteiger partial charge in [0, 0.05) is 11.6 Å². The second-order valence-corrected chi connectivity index (χ2v) is 6.73. The van der Waals surface area contributed by atoms with Crippen LogP contribution in [0, 0.1) is 18.7 Å². The van der Waals surface area contributed by atoms with Crippen LogP contribution in [-0.2, 0) is 0 Å². The van der Waals surface area contributed by atoms with E-state index in [1.807, 2.05) is 18.2 Å². The molecule has 0 saturated heterocycles. The van der Waals surface area contributed by atoms with Gasteiger partial charge in [-0.05, 0) is 60.2 Å². The van der Waals surface area contributed by atoms with E-state index in [1.54, 1.807) is 19.1 Å². The predicted molar refractivity (Wildman–Crippen MR) is 90.6 cm³/mol. The van der Waals surface area contributed by atoms with E-state index in [-0.39, 0.29) is 29.4 Å². The molecular formula is C20H17F4NO. The Morgan fingerprint density at radius 3 is 2.69 bits per heavy atom. The van der Waals surface area contributed by atoms with Gasteiger partial charge >= 0.3 is 6.36 Å². The molecule has 0 saturated carbocycles. The number of fused-ring (bicyclic) bond motifs is 3. The number of allylic oxidation sites excluding steroid dienone is 2. The van der Waals surface area contributed by atoms with Gasteiger partial charge in [0.25, 0.3) is 0 Å². The first-order chi connectivity index (χ1) is 12.3. The molecule has 2 aromatic rings. The Morgan fingerprint density at radius 2 is 1.92 bits per heavy atom. The van der Waals surface area contributed by atoms with Gasteiger partial charge in [0.05, 0.1) is 6.04 Å². The summed E-state index contributed by atoms with van der Waals surface area (Å²) in [5, 5.41) is 3.40. The molecule has 2 aliphatic rings. The molecule has 1 heterocycles. The Balaban J connectivity index is 1.74. The van der Waals surface area contributed by atoms with Crippen molar-refractivity contribution < 1.29 is 22.3 Å². The van der Waals surface area contributed by atoms with E-state index < -0.39 is 6.36 Å². The first kappa shape index (κ1) is 16.9. The zero-order valence-electron chi connectivity index (χ0n) is 14.0. The highest BCUT2D eigenvalue weighted by atomic mass is 19.4. The van der Waals surface area contributed by atoms with Gasteiger partial charge in [-0.25, -0.2) is 4.39 Å². The van der Waals surface area contributed by atoms with Gasteiger partial charge in [0.1, 0.15) is 11.6 Å². The lowest BCUT2D eigenvalue weighted by Gasteiger charge is -2.38. The van der Waals surface area contributed by atoms with Gasteiger partial charge in [-0.1, -0.05) is 24.3 Å². The Hall–Kier alpha value is -2.50. The summed E-state index contributed by atoms with van der Waals surface area (Å²) in [5.74, 6) is -0.399. The number of rotatable bonds is 2. The van der Waals surface area contributed by atoms with Crippen molar-refractivity contribution in [2.45, 2.75) is 31.7 Å². The molecule has 136 valence electrons. The highest BCUT2D eigenvalue weighted by Crippen LogP contribution is 2.51. The molecule has 1 aliphatic heterocycles. The molecule has 0 bridgehead atoms. The smallest absolute Gasteiger partial charge is 0.406 e. The molecule has 4 rings (SSSR count). The fourth-order valence-corrected chi connectivity index (χ4v) is 4.04. The summed E-state index contributed by atoms with van der Waals surface area (Å²) in [6, 6.07) is 9.25. The summed E-state index contributed by atoms with van der Waals surface area (Å²) in [6.07, 6.45) is 0.110. The lowest BCUT2D eigenvalue weighted by molar-refractivity contribution is -0.274. The molecule has 3 atom stereocenters. The van der Waals surface area contributed by atoms with Crippen LogP contribution in [0.2, 0.25) is 0 Å². The van der Waals surface area contributed by atoms with E-state index in [4.69, 9.17) is 0 Å². The highest BCUT2D eigenvalue weighted by Gasteiger charge is 2.39. The van der Waals surface area contributed by atoms with Crippen molar-refractivity contribution in [3.63, 3.8) is 0 Å². The van der Waals surface area contributed by atoms with Crippen molar-refractivity contribution in [2.75, 3.05) is 5.32 Å². The van der Waals surface area contributed by atoms with Gasteiger partial charge in [-0.3, -0.25) is 0 Å². The van der Waals surface area contributed by atoms with Crippen LogP contribution in [0.1, 0.15) is 35.1 Å². The minimum Gasteiger partial charge on any atom is -0.406 e. The van der Waals surface area contributed by atoms with Crippen molar-refractivity contribution in [1.82, 2.24) is 0 Å². The van der Waals surface area contributed by atoms with E-state index in [9.17, 15) is 17.6 Å². The molecule has 1 aliphatic carbocycles. The molecule has 0 aromatic heterocycles. The summed E-state index contributed by atoms with van der Waals surface area (Å²) in [5.41, 5.74) is 3.00. The van der Waals surface area contributed by atoms with Gasteiger partial charge in [0.2, 0.25) is 0 Å². The maximum absolute atomic E-state index is 14.0. The normalized spacial score (nSPS) is 24.0. The third-order valence-electron chi connectivity index (χ3n) is 5.21. The summed E-state index contributed by atoms with van der Waals surface area (Å²) in [7, 11) is 0. The van der Waals surface area contributed by atoms with Gasteiger partial charge in [-0.15, -0.1) is 13.2 Å². The van der Waals surface area contributed by atoms with Gasteiger partial charge < -0.3 is 10.1 Å². The lowest BCUT2D eigenvalue weighted by atomic mass is 9.76. The van der Waals surface area contributed by atoms with Crippen molar-refractivity contribution in [1.29, 1.82) is 0 Å². The van der Waals surface area contributed by atoms with Crippen LogP contribution in [0.5, 0.6) is 5.75 Å². The van der Waals surface area contributed by atoms with E-state index in [0.29, 0.717) is 5.56 Å². The minimum absolute atomic E-state index is 0.0318. The van der Waals surface area contributed by atoms with Crippen LogP contribution in [0.25, 0.3) is 0 Å². The lowest BCUT2D eigenvalue weighted by Crippen LogP contribution is -2.30. The van der Waals surface area contributed by atoms with Gasteiger partial charge in [0.15, 0.2) is 0 Å². The van der Waals surface area contributed by atoms with Crippen LogP contribution in [-0.4, -0.2) is 6.36 Å². The summed E-state index contributed by atoms with van der Waals surface area (Å²) < 4.78 is 55.6. The van der Waals surface area contributed by atoms with E-state index >= 15 is 0 Å². The van der Waals surface area contributed by atoms with Crippen LogP contribution in [0.15, 0.2) is 48.6 Å². The molecule has 1 N–H and O–H groups in total. The fraction of sp³-hybridized carbons (Fsp3) is 0.300. The monoisotopic (exact) mass is 363 g/mol. The second kappa shape index (κ2) is 6.04. The Kier molecular flexibility index (Phi) is 3.93. The summed E-state index contributed by atoms with van der Waals surface area (Å²) in [6.45, 7) is 1.75. The maximum Gasteiger partial charge on any atom is 0.573 e. The van der Waals surface area contributed by atoms with Crippen LogP contribution >= 0.6 is 0 Å². The fourth-order valence-electron chi connectivity index (χ4n) is 4.04. The average Bonchev–Trinajstić information content (AvgIpc) is 3.05. The summed E-state index contributed by atoms with van der Waals surface area (Å²) >= 11 is 0. The zero-order valence-corrected chi connectivity index (χ0v) is 14.0. The van der Waals surface area contributed by atoms with Crippen LogP contribution in [0.3, 0.4) is 0 Å². The third-order valence-corrected chi connectivity index (χ3v) is 5.21. The molecule has 0 fully saturated rings. The average molecular weight is 363 g/mol. The van der Waals surface area contributed by atoms with E-state index in [0.717, 1.165) is 23.2 Å². The molecule has 0 amide bonds. The minimum atomic E-state index is -4.72. The van der Waals surface area contributed by atoms with Crippen molar-refractivity contribution in [3.8, 4) is 5.75 Å². The number of ether oxygens (including phenoxy) is 1. The molecule has 26 heavy (non-hydrogen) atoms. The van der Waals surface area contributed by atoms with Crippen LogP contribution in [0.4, 0.5) is 23.2 Å². The molecule has 3 unspecified atom stereocenters. The topological polar surface area (TPSA) is 21.3 Å². The Labute approximate surface area is 148 Å². The standard InChI is InChI=1S/C20H17F4NO/c1-11-13(4-3-7-17(11)21)19-15-6-2-5-14(15)16-10-12(26-20(22,23)24)8-9-18(16)25-19/h2-5,7-10,14-15,19,25H,6H2,1H3.